The zero-order chi connectivity index (χ0) is 94.2. The second-order valence-corrected chi connectivity index (χ2v) is 24.9. The summed E-state index contributed by atoms with van der Waals surface area (Å²) in [6.07, 6.45) is -0.401. The maximum atomic E-state index is 12.8. The summed E-state index contributed by atoms with van der Waals surface area (Å²) in [4.78, 5) is 31.6. The summed E-state index contributed by atoms with van der Waals surface area (Å²) in [6.45, 7) is 8.02. The molecule has 46 heteroatoms. The number of hydrogen-bond acceptors (Lipinski definition) is 22. The molecule has 8 heterocycles. The molecule has 130 heavy (non-hydrogen) atoms. The molecule has 8 aromatic heterocycles. The second-order valence-electron chi connectivity index (χ2n) is 23.2. The summed E-state index contributed by atoms with van der Waals surface area (Å²) in [5.41, 5.74) is -2.76. The Hall–Kier alpha value is -10.9. The molecular formula is C84H68Cl4F12N16Ni4O10. The quantitative estimate of drug-likeness (QED) is 0.0302. The Balaban J connectivity index is 0. The second kappa shape index (κ2) is 60.9. The zero-order valence-corrected chi connectivity index (χ0v) is 73.9. The normalized spacial score (nSPS) is 10.5. The fourth-order valence-corrected chi connectivity index (χ4v) is 10.0. The first kappa shape index (κ1) is 121. The molecule has 0 atom stereocenters. The van der Waals surface area contributed by atoms with E-state index in [-0.39, 0.29) is 125 Å². The van der Waals surface area contributed by atoms with Crippen LogP contribution in [0.25, 0.3) is 21.3 Å². The number of aromatic nitrogens is 8. The minimum absolute atomic E-state index is 0. The number of pyridine rings is 8. The Labute approximate surface area is 797 Å². The van der Waals surface area contributed by atoms with Crippen LogP contribution in [0, 0.1) is 45.8 Å². The van der Waals surface area contributed by atoms with Gasteiger partial charge in [-0.2, -0.15) is 52.7 Å². The zero-order valence-electron chi connectivity index (χ0n) is 66.9. The number of nitriles is 4. The van der Waals surface area contributed by atoms with Crippen molar-refractivity contribution in [1.82, 2.24) is 39.9 Å². The van der Waals surface area contributed by atoms with Gasteiger partial charge in [0, 0.05) is 76.0 Å². The van der Waals surface area contributed by atoms with Crippen molar-refractivity contribution in [2.24, 2.45) is 0 Å². The average molecular weight is 2070 g/mol. The van der Waals surface area contributed by atoms with Crippen molar-refractivity contribution >= 4 is 69.2 Å². The van der Waals surface area contributed by atoms with Crippen molar-refractivity contribution in [3.8, 4) is 24.8 Å². The van der Waals surface area contributed by atoms with E-state index in [0.717, 1.165) is 48.5 Å². The van der Waals surface area contributed by atoms with Crippen LogP contribution in [0.2, 0.25) is 20.1 Å². The first-order valence-corrected chi connectivity index (χ1v) is 37.0. The molecule has 4 N–H and O–H groups in total. The molecule has 0 aliphatic carbocycles. The van der Waals surface area contributed by atoms with Crippen molar-refractivity contribution < 1.29 is 169 Å². The SMILES string of the molecule is CCO.CCO.CCOC([O-])(c1ccccn1)c1ccccn1.CCOC([O-])(c1ccccn1)c1ccccn1.N#C[N-]c1ccc(Cl)c(C(F)(F)F)c1.N#C[N-]c1ccc(Cl)c(C(F)(F)F)c1.N#C[N-]c1ccc(Cl)c(C(F)(F)F)c1.N#C[N-]c1ccc(Cl)c(C(F)(F)F)c1.[Ni+2].[Ni+2].[Ni+2].[Ni+2].[O-]C(O)(c1ccccn1)c1ccccn1.[O-]C(O)(c1ccccn1)c1ccccn1. The van der Waals surface area contributed by atoms with E-state index < -0.39 is 90.2 Å². The minimum Gasteiger partial charge on any atom is -0.819 e. The molecule has 0 spiro atoms. The van der Waals surface area contributed by atoms with Gasteiger partial charge in [-0.15, -0.1) is 0 Å². The number of hydrogen-bond donors (Lipinski definition) is 4. The third-order valence-electron chi connectivity index (χ3n) is 14.5. The summed E-state index contributed by atoms with van der Waals surface area (Å²) < 4.78 is 158. The van der Waals surface area contributed by atoms with Gasteiger partial charge >= 0.3 is 90.7 Å². The molecule has 4 aromatic carbocycles. The van der Waals surface area contributed by atoms with E-state index in [9.17, 15) is 83.3 Å². The Morgan fingerprint density at radius 3 is 0.577 bits per heavy atom. The summed E-state index contributed by atoms with van der Waals surface area (Å²) in [6, 6.07) is 52.0. The number of alkyl halides is 12. The summed E-state index contributed by atoms with van der Waals surface area (Å²) in [5, 5.41) is 128. The predicted octanol–water partition coefficient (Wildman–Crippen LogP) is 17.6. The van der Waals surface area contributed by atoms with Crippen LogP contribution in [-0.4, -0.2) is 86.7 Å². The van der Waals surface area contributed by atoms with Gasteiger partial charge in [0.2, 0.25) is 0 Å². The fraction of sp³-hybridized carbons (Fsp3) is 0.190. The van der Waals surface area contributed by atoms with Crippen molar-refractivity contribution in [3.05, 3.63) is 377 Å². The van der Waals surface area contributed by atoms with Crippen LogP contribution in [0.5, 0.6) is 0 Å². The summed E-state index contributed by atoms with van der Waals surface area (Å²) in [5.74, 6) is -8.44. The van der Waals surface area contributed by atoms with E-state index in [1.807, 2.05) is 0 Å². The van der Waals surface area contributed by atoms with Gasteiger partial charge in [-0.05, 0) is 196 Å². The Morgan fingerprint density at radius 2 is 0.454 bits per heavy atom. The van der Waals surface area contributed by atoms with Gasteiger partial charge in [0.05, 0.1) is 111 Å². The maximum absolute atomic E-state index is 12.8. The van der Waals surface area contributed by atoms with Gasteiger partial charge in [0.25, 0.3) is 0 Å². The Morgan fingerprint density at radius 1 is 0.300 bits per heavy atom. The van der Waals surface area contributed by atoms with Gasteiger partial charge in [0.15, 0.2) is 0 Å². The summed E-state index contributed by atoms with van der Waals surface area (Å²) in [7, 11) is 0. The van der Waals surface area contributed by atoms with Crippen LogP contribution in [-0.2, 0) is 123 Å². The molecular weight excluding hydrogens is 2000 g/mol. The molecule has 0 fully saturated rings. The molecule has 696 valence electrons. The minimum atomic E-state index is -4.53. The van der Waals surface area contributed by atoms with Crippen LogP contribution >= 0.6 is 46.4 Å². The van der Waals surface area contributed by atoms with E-state index in [2.05, 4.69) is 61.1 Å². The van der Waals surface area contributed by atoms with Crippen LogP contribution < -0.4 is 20.4 Å². The number of benzene rings is 4. The third-order valence-corrected chi connectivity index (χ3v) is 15.8. The molecule has 0 aliphatic rings. The van der Waals surface area contributed by atoms with E-state index in [4.69, 9.17) is 87.1 Å². The molecule has 0 saturated carbocycles. The van der Waals surface area contributed by atoms with Crippen LogP contribution in [0.1, 0.15) is 95.5 Å². The van der Waals surface area contributed by atoms with Gasteiger partial charge in [-0.1, -0.05) is 144 Å². The predicted molar refractivity (Wildman–Crippen MR) is 431 cm³/mol. The third kappa shape index (κ3) is 40.7. The van der Waals surface area contributed by atoms with E-state index in [0.29, 0.717) is 36.0 Å². The average Bonchev–Trinajstić information content (AvgIpc) is 0.792. The molecule has 0 radical (unpaired) electrons. The molecule has 0 saturated heterocycles. The molecule has 12 rings (SSSR count). The number of halogens is 16. The van der Waals surface area contributed by atoms with Crippen molar-refractivity contribution in [1.29, 1.82) is 21.0 Å². The molecule has 0 aliphatic heterocycles. The monoisotopic (exact) mass is 2060 g/mol. The van der Waals surface area contributed by atoms with Crippen LogP contribution in [0.3, 0.4) is 0 Å². The molecule has 12 aromatic rings. The van der Waals surface area contributed by atoms with Crippen LogP contribution in [0.15, 0.2) is 268 Å². The van der Waals surface area contributed by atoms with Crippen LogP contribution in [0.4, 0.5) is 75.4 Å². The van der Waals surface area contributed by atoms with Gasteiger partial charge in [-0.25, -0.2) is 0 Å². The molecule has 0 bridgehead atoms. The Bertz CT molecular complexity index is 4730. The largest absolute Gasteiger partial charge is 2.00 e. The number of rotatable bonds is 16. The number of ether oxygens (including phenoxy) is 2. The Kier molecular flexibility index (Phi) is 56.8. The first-order chi connectivity index (χ1) is 59.6. The molecule has 0 unspecified atom stereocenters. The topological polar surface area (TPSA) is 446 Å². The number of nitrogens with zero attached hydrogens (tertiary/aromatic N) is 16. The van der Waals surface area contributed by atoms with E-state index in [1.54, 1.807) is 174 Å². The van der Waals surface area contributed by atoms with Gasteiger partial charge < -0.3 is 92.6 Å². The number of aliphatic hydroxyl groups is 4. The van der Waals surface area contributed by atoms with Crippen molar-refractivity contribution in [2.75, 3.05) is 26.4 Å². The molecule has 0 amide bonds. The number of aliphatic hydroxyl groups excluding tert-OH is 2. The summed E-state index contributed by atoms with van der Waals surface area (Å²) >= 11 is 21.3. The van der Waals surface area contributed by atoms with E-state index in [1.165, 1.54) is 98.1 Å². The fourth-order valence-electron chi connectivity index (χ4n) is 9.14. The van der Waals surface area contributed by atoms with Crippen molar-refractivity contribution in [3.63, 3.8) is 0 Å². The first-order valence-electron chi connectivity index (χ1n) is 35.5. The van der Waals surface area contributed by atoms with E-state index >= 15 is 0 Å². The van der Waals surface area contributed by atoms with Gasteiger partial charge in [0.1, 0.15) is 0 Å². The van der Waals surface area contributed by atoms with Gasteiger partial charge in [-0.3, -0.25) is 39.9 Å². The maximum Gasteiger partial charge on any atom is 2.00 e. The smallest absolute Gasteiger partial charge is 0.819 e. The van der Waals surface area contributed by atoms with Crippen molar-refractivity contribution in [2.45, 2.75) is 75.5 Å². The molecule has 26 nitrogen and oxygen atoms in total. The standard InChI is InChI=1S/2C13H13N2O2.2C11H9N2O2.4C8H3ClF3N2.2C2H6O.4Ni/c2*1-2-17-13(16,11-7-3-5-9-14-11)12-8-4-6-10-15-12;2*14-11(15,9-5-1-3-7-12-9)10-6-2-4-8-13-10;4*9-7-2-1-5(14-4-13)3-6(7)8(10,11)12;2*1-2-3;;;;/h2*3-10H,2H2,1H3;2*1-8,14H;4*1-3H;2*3H,2H2,1H3;;;;/q8*-1;;;4*+2.